The lowest BCUT2D eigenvalue weighted by Gasteiger charge is -2.12. The summed E-state index contributed by atoms with van der Waals surface area (Å²) in [5.74, 6) is -0.790. The zero-order chi connectivity index (χ0) is 24.0. The molecule has 0 spiro atoms. The highest BCUT2D eigenvalue weighted by Gasteiger charge is 2.31. The monoisotopic (exact) mass is 477 g/mol. The molecule has 0 N–H and O–H groups in total. The highest BCUT2D eigenvalue weighted by Crippen LogP contribution is 2.24. The van der Waals surface area contributed by atoms with E-state index in [2.05, 4.69) is 9.47 Å². The number of aryl methyl sites for hydroxylation is 1. The molecule has 9 heteroatoms. The van der Waals surface area contributed by atoms with Crippen molar-refractivity contribution in [2.75, 3.05) is 7.11 Å². The first-order valence-corrected chi connectivity index (χ1v) is 10.1. The summed E-state index contributed by atoms with van der Waals surface area (Å²) in [6.07, 6.45) is -1.19. The molecule has 2 aromatic carbocycles. The zero-order valence-corrected chi connectivity index (χ0v) is 18.2. The van der Waals surface area contributed by atoms with Gasteiger partial charge in [-0.3, -0.25) is 4.79 Å². The molecule has 0 fully saturated rings. The minimum Gasteiger partial charge on any atom is -0.465 e. The van der Waals surface area contributed by atoms with Crippen molar-refractivity contribution in [2.24, 2.45) is 0 Å². The second-order valence-corrected chi connectivity index (χ2v) is 7.36. The molecule has 0 saturated heterocycles. The minimum atomic E-state index is -4.79. The average Bonchev–Trinajstić information content (AvgIpc) is 2.77. The summed E-state index contributed by atoms with van der Waals surface area (Å²) in [5.41, 5.74) is 1.88. The second kappa shape index (κ2) is 10.4. The summed E-state index contributed by atoms with van der Waals surface area (Å²) in [6, 6.07) is 15.1. The van der Waals surface area contributed by atoms with Crippen molar-refractivity contribution in [3.05, 3.63) is 98.4 Å². The van der Waals surface area contributed by atoms with Crippen LogP contribution in [-0.2, 0) is 17.7 Å². The molecule has 1 heterocycles. The number of halogens is 4. The van der Waals surface area contributed by atoms with Gasteiger partial charge in [-0.05, 0) is 54.0 Å². The Kier molecular flexibility index (Phi) is 7.60. The van der Waals surface area contributed by atoms with E-state index >= 15 is 0 Å². The van der Waals surface area contributed by atoms with Crippen molar-refractivity contribution >= 4 is 29.7 Å². The van der Waals surface area contributed by atoms with Gasteiger partial charge in [-0.25, -0.2) is 4.79 Å². The Balaban J connectivity index is 1.82. The molecule has 0 aliphatic carbocycles. The number of hydrogen-bond donors (Lipinski definition) is 0. The Bertz CT molecular complexity index is 1220. The second-order valence-electron chi connectivity index (χ2n) is 6.95. The van der Waals surface area contributed by atoms with E-state index in [0.29, 0.717) is 34.8 Å². The molecule has 172 valence electrons. The molecule has 1 aromatic heterocycles. The third-order valence-electron chi connectivity index (χ3n) is 4.70. The normalized spacial score (nSPS) is 11.5. The van der Waals surface area contributed by atoms with Gasteiger partial charge in [0.1, 0.15) is 5.75 Å². The first kappa shape index (κ1) is 24.1. The van der Waals surface area contributed by atoms with Crippen LogP contribution in [0.3, 0.4) is 0 Å². The Morgan fingerprint density at radius 3 is 2.45 bits per heavy atom. The summed E-state index contributed by atoms with van der Waals surface area (Å²) in [5, 5.41) is 0.314. The van der Waals surface area contributed by atoms with Crippen LogP contribution in [0.15, 0.2) is 65.5 Å². The van der Waals surface area contributed by atoms with Crippen molar-refractivity contribution in [2.45, 2.75) is 19.3 Å². The van der Waals surface area contributed by atoms with Crippen molar-refractivity contribution < 1.29 is 27.4 Å². The quantitative estimate of drug-likeness (QED) is 0.416. The predicted molar refractivity (Wildman–Crippen MR) is 119 cm³/mol. The Morgan fingerprint density at radius 1 is 1.06 bits per heavy atom. The molecular formula is C24H19ClF3NO4. The minimum absolute atomic E-state index is 0.278. The van der Waals surface area contributed by atoms with Crippen molar-refractivity contribution in [1.82, 2.24) is 4.57 Å². The summed E-state index contributed by atoms with van der Waals surface area (Å²) in [6.45, 7) is 0.299. The van der Waals surface area contributed by atoms with Gasteiger partial charge in [-0.2, -0.15) is 0 Å². The number of nitrogens with zero attached hydrogens (tertiary/aromatic N) is 1. The number of carbonyl (C=O) groups excluding carboxylic acids is 1. The topological polar surface area (TPSA) is 57.5 Å². The van der Waals surface area contributed by atoms with Gasteiger partial charge in [-0.1, -0.05) is 41.9 Å². The third kappa shape index (κ3) is 6.73. The zero-order valence-electron chi connectivity index (χ0n) is 17.4. The fraction of sp³-hybridized carbons (Fsp3) is 0.167. The maximum atomic E-state index is 12.5. The van der Waals surface area contributed by atoms with Crippen molar-refractivity contribution in [3.8, 4) is 5.75 Å². The van der Waals surface area contributed by atoms with E-state index in [9.17, 15) is 22.8 Å². The van der Waals surface area contributed by atoms with Crippen LogP contribution >= 0.6 is 11.6 Å². The van der Waals surface area contributed by atoms with Crippen LogP contribution in [0.1, 0.15) is 27.2 Å². The van der Waals surface area contributed by atoms with Crippen LogP contribution in [0.4, 0.5) is 13.2 Å². The van der Waals surface area contributed by atoms with Crippen LogP contribution in [0.2, 0.25) is 5.02 Å². The van der Waals surface area contributed by atoms with Gasteiger partial charge in [0, 0.05) is 12.6 Å². The van der Waals surface area contributed by atoms with E-state index in [1.165, 1.54) is 42.0 Å². The number of ether oxygens (including phenoxy) is 2. The molecule has 5 nitrogen and oxygen atoms in total. The molecule has 3 rings (SSSR count). The summed E-state index contributed by atoms with van der Waals surface area (Å²) in [4.78, 5) is 24.0. The molecule has 33 heavy (non-hydrogen) atoms. The standard InChI is InChI=1S/C24H19ClF3NO4/c1-32-23(31)18-8-5-16(6-9-18)13-14-29-21(20(25)10-12-22(29)30)11-7-17-3-2-4-19(15-17)33-24(26,27)28/h2-12,15H,13-14H2,1H3. The average molecular weight is 478 g/mol. The van der Waals surface area contributed by atoms with Crippen molar-refractivity contribution in [3.63, 3.8) is 0 Å². The van der Waals surface area contributed by atoms with E-state index in [1.807, 2.05) is 0 Å². The lowest BCUT2D eigenvalue weighted by Crippen LogP contribution is -2.22. The predicted octanol–water partition coefficient (Wildman–Crippen LogP) is 5.60. The fourth-order valence-corrected chi connectivity index (χ4v) is 3.35. The van der Waals surface area contributed by atoms with E-state index in [0.717, 1.165) is 5.56 Å². The number of benzene rings is 2. The molecule has 0 bridgehead atoms. The van der Waals surface area contributed by atoms with Gasteiger partial charge in [0.05, 0.1) is 23.4 Å². The van der Waals surface area contributed by atoms with Gasteiger partial charge >= 0.3 is 12.3 Å². The molecule has 0 amide bonds. The molecular weight excluding hydrogens is 459 g/mol. The first-order chi connectivity index (χ1) is 15.7. The smallest absolute Gasteiger partial charge is 0.465 e. The lowest BCUT2D eigenvalue weighted by atomic mass is 10.1. The number of methoxy groups -OCH3 is 1. The number of alkyl halides is 3. The van der Waals surface area contributed by atoms with E-state index in [1.54, 1.807) is 42.5 Å². The van der Waals surface area contributed by atoms with Gasteiger partial charge < -0.3 is 14.0 Å². The fourth-order valence-electron chi connectivity index (χ4n) is 3.12. The van der Waals surface area contributed by atoms with E-state index < -0.39 is 12.3 Å². The number of aromatic nitrogens is 1. The third-order valence-corrected chi connectivity index (χ3v) is 5.02. The largest absolute Gasteiger partial charge is 0.573 e. The Hall–Kier alpha value is -3.52. The maximum absolute atomic E-state index is 12.5. The van der Waals surface area contributed by atoms with Crippen molar-refractivity contribution in [1.29, 1.82) is 0 Å². The van der Waals surface area contributed by atoms with E-state index in [-0.39, 0.29) is 11.3 Å². The Morgan fingerprint density at radius 2 is 1.79 bits per heavy atom. The van der Waals surface area contributed by atoms with Gasteiger partial charge in [-0.15, -0.1) is 13.2 Å². The Labute approximate surface area is 192 Å². The molecule has 0 saturated carbocycles. The van der Waals surface area contributed by atoms with Gasteiger partial charge in [0.25, 0.3) is 5.56 Å². The lowest BCUT2D eigenvalue weighted by molar-refractivity contribution is -0.274. The number of rotatable bonds is 7. The van der Waals surface area contributed by atoms with Gasteiger partial charge in [0.15, 0.2) is 0 Å². The number of pyridine rings is 1. The van der Waals surface area contributed by atoms with Crippen LogP contribution < -0.4 is 10.3 Å². The first-order valence-electron chi connectivity index (χ1n) is 9.77. The molecule has 0 atom stereocenters. The molecule has 0 aliphatic heterocycles. The number of hydrogen-bond acceptors (Lipinski definition) is 4. The highest BCUT2D eigenvalue weighted by molar-refractivity contribution is 6.32. The maximum Gasteiger partial charge on any atom is 0.573 e. The number of carbonyl (C=O) groups is 1. The summed E-state index contributed by atoms with van der Waals surface area (Å²) in [7, 11) is 1.30. The van der Waals surface area contributed by atoms with Gasteiger partial charge in [0.2, 0.25) is 0 Å². The van der Waals surface area contributed by atoms with Crippen LogP contribution in [-0.4, -0.2) is 24.0 Å². The van der Waals surface area contributed by atoms with Crippen LogP contribution in [0.25, 0.3) is 12.2 Å². The molecule has 0 radical (unpaired) electrons. The SMILES string of the molecule is COC(=O)c1ccc(CCn2c(C=Cc3cccc(OC(F)(F)F)c3)c(Cl)ccc2=O)cc1. The molecule has 0 unspecified atom stereocenters. The highest BCUT2D eigenvalue weighted by atomic mass is 35.5. The molecule has 0 aliphatic rings. The van der Waals surface area contributed by atoms with Crippen LogP contribution in [0, 0.1) is 0 Å². The summed E-state index contributed by atoms with van der Waals surface area (Å²) < 4.78 is 47.5. The summed E-state index contributed by atoms with van der Waals surface area (Å²) >= 11 is 6.30. The van der Waals surface area contributed by atoms with E-state index in [4.69, 9.17) is 11.6 Å². The molecule has 3 aromatic rings. The number of esters is 1. The van der Waals surface area contributed by atoms with Crippen LogP contribution in [0.5, 0.6) is 5.75 Å².